The number of benzene rings is 3. The summed E-state index contributed by atoms with van der Waals surface area (Å²) in [6.07, 6.45) is 2.75. The molecular formula is C29H24N2O3S. The number of nitrogens with two attached hydrogens (primary N) is 1. The highest BCUT2D eigenvalue weighted by Crippen LogP contribution is 2.47. The van der Waals surface area contributed by atoms with Crippen LogP contribution in [-0.4, -0.2) is 27.5 Å². The van der Waals surface area contributed by atoms with E-state index in [0.717, 1.165) is 16.7 Å². The van der Waals surface area contributed by atoms with Gasteiger partial charge in [-0.05, 0) is 22.8 Å². The van der Waals surface area contributed by atoms with Crippen LogP contribution >= 0.6 is 11.8 Å². The monoisotopic (exact) mass is 480 g/mol. The second kappa shape index (κ2) is 9.78. The van der Waals surface area contributed by atoms with Crippen molar-refractivity contribution in [3.05, 3.63) is 137 Å². The maximum absolute atomic E-state index is 13.7. The van der Waals surface area contributed by atoms with E-state index < -0.39 is 17.4 Å². The zero-order chi connectivity index (χ0) is 24.4. The fraction of sp³-hybridized carbons (Fsp3) is 0.103. The highest BCUT2D eigenvalue weighted by Gasteiger charge is 2.51. The van der Waals surface area contributed by atoms with E-state index in [0.29, 0.717) is 11.1 Å². The number of amides is 1. The zero-order valence-electron chi connectivity index (χ0n) is 18.9. The van der Waals surface area contributed by atoms with Crippen molar-refractivity contribution in [2.24, 2.45) is 5.73 Å². The molecular weight excluding hydrogens is 456 g/mol. The lowest BCUT2D eigenvalue weighted by atomic mass is 9.98. The SMILES string of the molecule is C=CC1=C(C(=O)OC(c2ccccc2)c2ccccc2)N2C(=O)C(=Cc3ccccc3)[C@H]2SC1N. The molecule has 174 valence electrons. The molecule has 0 saturated carbocycles. The number of esters is 1. The van der Waals surface area contributed by atoms with E-state index in [1.807, 2.05) is 97.1 Å². The molecule has 0 aliphatic carbocycles. The van der Waals surface area contributed by atoms with Gasteiger partial charge in [0.05, 0.1) is 10.9 Å². The number of thioether (sulfide) groups is 1. The molecule has 6 heteroatoms. The van der Waals surface area contributed by atoms with E-state index in [-0.39, 0.29) is 17.0 Å². The first-order chi connectivity index (χ1) is 17.1. The lowest BCUT2D eigenvalue weighted by Crippen LogP contribution is -2.58. The molecule has 5 nitrogen and oxygen atoms in total. The molecule has 0 spiro atoms. The molecule has 1 amide bonds. The normalized spacial score (nSPS) is 20.5. The number of carbonyl (C=O) groups is 2. The lowest BCUT2D eigenvalue weighted by Gasteiger charge is -2.47. The standard InChI is InChI=1S/C29H24N2O3S/c1-2-22-24(29(33)34-25(20-14-8-4-9-15-20)21-16-10-5-11-17-21)31-27(32)23(28(31)35-26(22)30)18-19-12-6-3-7-13-19/h2-18,25-26,28H,1,30H2/t26?,28-/m1/s1. The van der Waals surface area contributed by atoms with Gasteiger partial charge in [0, 0.05) is 5.57 Å². The minimum absolute atomic E-state index is 0.156. The van der Waals surface area contributed by atoms with Gasteiger partial charge in [0.2, 0.25) is 0 Å². The van der Waals surface area contributed by atoms with Crippen LogP contribution in [0.25, 0.3) is 6.08 Å². The molecule has 2 N–H and O–H groups in total. The van der Waals surface area contributed by atoms with Gasteiger partial charge in [-0.3, -0.25) is 9.69 Å². The maximum atomic E-state index is 13.7. The third-order valence-corrected chi connectivity index (χ3v) is 7.30. The Hall–Kier alpha value is -3.87. The van der Waals surface area contributed by atoms with Crippen molar-refractivity contribution >= 4 is 29.7 Å². The van der Waals surface area contributed by atoms with E-state index in [9.17, 15) is 9.59 Å². The molecule has 2 atom stereocenters. The molecule has 3 aromatic rings. The van der Waals surface area contributed by atoms with Crippen LogP contribution in [0.15, 0.2) is 120 Å². The van der Waals surface area contributed by atoms with Crippen molar-refractivity contribution < 1.29 is 14.3 Å². The molecule has 3 aromatic carbocycles. The third kappa shape index (κ3) is 4.34. The summed E-state index contributed by atoms with van der Waals surface area (Å²) in [5, 5.41) is -0.883. The predicted molar refractivity (Wildman–Crippen MR) is 139 cm³/mol. The molecule has 0 bridgehead atoms. The van der Waals surface area contributed by atoms with Crippen LogP contribution in [0.1, 0.15) is 22.8 Å². The van der Waals surface area contributed by atoms with Gasteiger partial charge < -0.3 is 10.5 Å². The number of hydrogen-bond donors (Lipinski definition) is 1. The Morgan fingerprint density at radius 1 is 0.943 bits per heavy atom. The van der Waals surface area contributed by atoms with Crippen molar-refractivity contribution in [1.29, 1.82) is 0 Å². The van der Waals surface area contributed by atoms with Crippen LogP contribution in [-0.2, 0) is 14.3 Å². The average molecular weight is 481 g/mol. The summed E-state index contributed by atoms with van der Waals surface area (Å²) in [5.41, 5.74) is 10.2. The van der Waals surface area contributed by atoms with Gasteiger partial charge in [-0.1, -0.05) is 104 Å². The molecule has 2 aliphatic rings. The van der Waals surface area contributed by atoms with E-state index in [4.69, 9.17) is 10.5 Å². The van der Waals surface area contributed by atoms with Gasteiger partial charge in [-0.2, -0.15) is 0 Å². The molecule has 2 heterocycles. The maximum Gasteiger partial charge on any atom is 0.356 e. The first-order valence-electron chi connectivity index (χ1n) is 11.3. The molecule has 35 heavy (non-hydrogen) atoms. The smallest absolute Gasteiger partial charge is 0.356 e. The summed E-state index contributed by atoms with van der Waals surface area (Å²) in [7, 11) is 0. The molecule has 1 unspecified atom stereocenters. The second-order valence-electron chi connectivity index (χ2n) is 8.21. The summed E-state index contributed by atoms with van der Waals surface area (Å²) < 4.78 is 6.07. The van der Waals surface area contributed by atoms with Crippen LogP contribution in [0.3, 0.4) is 0 Å². The Morgan fingerprint density at radius 2 is 1.49 bits per heavy atom. The summed E-state index contributed by atoms with van der Waals surface area (Å²) in [6.45, 7) is 3.85. The molecule has 2 aliphatic heterocycles. The van der Waals surface area contributed by atoms with Gasteiger partial charge in [0.15, 0.2) is 6.10 Å². The van der Waals surface area contributed by atoms with Gasteiger partial charge in [-0.25, -0.2) is 4.79 Å². The fourth-order valence-corrected chi connectivity index (χ4v) is 5.57. The minimum atomic E-state index is -0.636. The zero-order valence-corrected chi connectivity index (χ0v) is 19.7. The average Bonchev–Trinajstić information content (AvgIpc) is 2.91. The van der Waals surface area contributed by atoms with Crippen LogP contribution in [0.2, 0.25) is 0 Å². The predicted octanol–water partition coefficient (Wildman–Crippen LogP) is 5.04. The largest absolute Gasteiger partial charge is 0.448 e. The second-order valence-corrected chi connectivity index (χ2v) is 9.44. The highest BCUT2D eigenvalue weighted by molar-refractivity contribution is 8.01. The molecule has 1 fully saturated rings. The van der Waals surface area contributed by atoms with Crippen LogP contribution < -0.4 is 5.73 Å². The van der Waals surface area contributed by atoms with Gasteiger partial charge in [-0.15, -0.1) is 11.8 Å². The molecule has 0 aromatic heterocycles. The van der Waals surface area contributed by atoms with Crippen molar-refractivity contribution in [2.75, 3.05) is 0 Å². The van der Waals surface area contributed by atoms with Crippen molar-refractivity contribution in [3.8, 4) is 0 Å². The van der Waals surface area contributed by atoms with Crippen molar-refractivity contribution in [2.45, 2.75) is 16.9 Å². The van der Waals surface area contributed by atoms with E-state index in [2.05, 4.69) is 6.58 Å². The number of ether oxygens (including phenoxy) is 1. The number of carbonyl (C=O) groups excluding carboxylic acids is 2. The third-order valence-electron chi connectivity index (χ3n) is 6.03. The molecule has 1 saturated heterocycles. The Bertz CT molecular complexity index is 1280. The first kappa shape index (κ1) is 22.9. The number of hydrogen-bond acceptors (Lipinski definition) is 5. The minimum Gasteiger partial charge on any atom is -0.448 e. The Labute approximate surface area is 208 Å². The number of rotatable bonds is 6. The Kier molecular flexibility index (Phi) is 6.40. The summed E-state index contributed by atoms with van der Waals surface area (Å²) in [5.74, 6) is -0.842. The highest BCUT2D eigenvalue weighted by atomic mass is 32.2. The van der Waals surface area contributed by atoms with Crippen molar-refractivity contribution in [3.63, 3.8) is 0 Å². The molecule has 5 rings (SSSR count). The summed E-state index contributed by atoms with van der Waals surface area (Å²) in [4.78, 5) is 28.4. The van der Waals surface area contributed by atoms with Crippen LogP contribution in [0.4, 0.5) is 0 Å². The summed E-state index contributed by atoms with van der Waals surface area (Å²) in [6, 6.07) is 28.7. The summed E-state index contributed by atoms with van der Waals surface area (Å²) >= 11 is 1.41. The molecule has 0 radical (unpaired) electrons. The van der Waals surface area contributed by atoms with Crippen LogP contribution in [0, 0.1) is 0 Å². The van der Waals surface area contributed by atoms with E-state index >= 15 is 0 Å². The Morgan fingerprint density at radius 3 is 2.03 bits per heavy atom. The first-order valence-corrected chi connectivity index (χ1v) is 12.2. The van der Waals surface area contributed by atoms with E-state index in [1.54, 1.807) is 0 Å². The van der Waals surface area contributed by atoms with Gasteiger partial charge in [0.1, 0.15) is 11.1 Å². The lowest BCUT2D eigenvalue weighted by molar-refractivity contribution is -0.149. The number of β-lactam (4-membered cyclic amide) rings is 1. The van der Waals surface area contributed by atoms with Gasteiger partial charge >= 0.3 is 5.97 Å². The number of nitrogens with zero attached hydrogens (tertiary/aromatic N) is 1. The van der Waals surface area contributed by atoms with Crippen LogP contribution in [0.5, 0.6) is 0 Å². The quantitative estimate of drug-likeness (QED) is 0.304. The van der Waals surface area contributed by atoms with E-state index in [1.165, 1.54) is 22.7 Å². The fourth-order valence-electron chi connectivity index (χ4n) is 4.30. The van der Waals surface area contributed by atoms with Crippen molar-refractivity contribution in [1.82, 2.24) is 4.90 Å². The number of fused-ring (bicyclic) bond motifs is 1. The topological polar surface area (TPSA) is 72.6 Å². The van der Waals surface area contributed by atoms with Gasteiger partial charge in [0.25, 0.3) is 5.91 Å². The Balaban J connectivity index is 1.49.